The highest BCUT2D eigenvalue weighted by molar-refractivity contribution is 6.03. The lowest BCUT2D eigenvalue weighted by molar-refractivity contribution is -0.136. The average molecular weight is 508 g/mol. The van der Waals surface area contributed by atoms with E-state index >= 15 is 4.39 Å². The molecule has 0 radical (unpaired) electrons. The number of ether oxygens (including phenoxy) is 1. The molecule has 2 aromatic heterocycles. The predicted octanol–water partition coefficient (Wildman–Crippen LogP) is 2.21. The Labute approximate surface area is 212 Å². The number of carbonyl (C=O) groups excluding carboxylic acids is 3. The molecule has 0 unspecified atom stereocenters. The van der Waals surface area contributed by atoms with Crippen LogP contribution in [-0.2, 0) is 17.0 Å². The van der Waals surface area contributed by atoms with E-state index in [0.29, 0.717) is 31.5 Å². The molecular weight excluding hydrogens is 481 g/mol. The maximum absolute atomic E-state index is 15.7. The first kappa shape index (κ1) is 24.6. The number of urea groups is 1. The summed E-state index contributed by atoms with van der Waals surface area (Å²) < 4.78 is 21.2. The van der Waals surface area contributed by atoms with E-state index in [1.807, 2.05) is 18.0 Å². The molecule has 1 N–H and O–H groups in total. The number of rotatable bonds is 6. The molecule has 1 saturated carbocycles. The van der Waals surface area contributed by atoms with Crippen molar-refractivity contribution in [2.24, 2.45) is 0 Å². The topological polar surface area (TPSA) is 132 Å². The monoisotopic (exact) mass is 507 g/mol. The van der Waals surface area contributed by atoms with Crippen molar-refractivity contribution in [3.63, 3.8) is 0 Å². The fraction of sp³-hybridized carbons (Fsp3) is 0.440. The van der Waals surface area contributed by atoms with E-state index in [9.17, 15) is 19.6 Å². The quantitative estimate of drug-likeness (QED) is 0.589. The zero-order valence-corrected chi connectivity index (χ0v) is 20.5. The minimum atomic E-state index is -1.65. The van der Waals surface area contributed by atoms with Crippen LogP contribution in [-0.4, -0.2) is 77.3 Å². The highest BCUT2D eigenvalue weighted by atomic mass is 19.1. The number of aldehydes is 1. The van der Waals surface area contributed by atoms with E-state index in [0.717, 1.165) is 0 Å². The number of nitrogens with one attached hydrogen (secondary N) is 1. The maximum atomic E-state index is 15.7. The molecule has 5 heterocycles. The van der Waals surface area contributed by atoms with Crippen LogP contribution in [0, 0.1) is 11.3 Å². The van der Waals surface area contributed by atoms with Crippen LogP contribution in [0.2, 0.25) is 0 Å². The largest absolute Gasteiger partial charge is 0.492 e. The van der Waals surface area contributed by atoms with Crippen LogP contribution < -0.4 is 15.0 Å². The zero-order valence-electron chi connectivity index (χ0n) is 20.5. The Morgan fingerprint density at radius 3 is 2.84 bits per heavy atom. The van der Waals surface area contributed by atoms with Crippen LogP contribution in [0.15, 0.2) is 18.3 Å². The van der Waals surface area contributed by atoms with Gasteiger partial charge in [0.1, 0.15) is 40.4 Å². The number of piperazine rings is 1. The van der Waals surface area contributed by atoms with E-state index in [1.165, 1.54) is 17.2 Å². The minimum Gasteiger partial charge on any atom is -0.492 e. The highest BCUT2D eigenvalue weighted by Crippen LogP contribution is 2.55. The Bertz CT molecular complexity index is 1320. The van der Waals surface area contributed by atoms with Crippen LogP contribution >= 0.6 is 0 Å². The van der Waals surface area contributed by atoms with Gasteiger partial charge in [-0.3, -0.25) is 24.7 Å². The number of carbonyl (C=O) groups is 3. The molecule has 192 valence electrons. The summed E-state index contributed by atoms with van der Waals surface area (Å²) in [4.78, 5) is 51.1. The second-order valence-electron chi connectivity index (χ2n) is 9.51. The van der Waals surface area contributed by atoms with Gasteiger partial charge >= 0.3 is 6.03 Å². The molecule has 11 nitrogen and oxygen atoms in total. The smallest absolute Gasteiger partial charge is 0.328 e. The third kappa shape index (κ3) is 4.35. The van der Waals surface area contributed by atoms with Crippen LogP contribution in [0.5, 0.6) is 5.75 Å². The van der Waals surface area contributed by atoms with E-state index in [-0.39, 0.29) is 66.0 Å². The number of alkyl halides is 1. The van der Waals surface area contributed by atoms with E-state index < -0.39 is 17.7 Å². The Morgan fingerprint density at radius 1 is 1.38 bits per heavy atom. The lowest BCUT2D eigenvalue weighted by atomic mass is 9.68. The van der Waals surface area contributed by atoms with E-state index in [2.05, 4.69) is 15.3 Å². The summed E-state index contributed by atoms with van der Waals surface area (Å²) in [6, 6.07) is 3.99. The van der Waals surface area contributed by atoms with Crippen LogP contribution in [0.25, 0.3) is 0 Å². The Hall–Kier alpha value is -4.11. The molecule has 1 aliphatic carbocycles. The zero-order chi connectivity index (χ0) is 26.3. The Morgan fingerprint density at radius 2 is 2.16 bits per heavy atom. The summed E-state index contributed by atoms with van der Waals surface area (Å²) in [5.74, 6) is 0.442. The molecule has 0 atom stereocenters. The molecule has 37 heavy (non-hydrogen) atoms. The third-order valence-corrected chi connectivity index (χ3v) is 7.03. The summed E-state index contributed by atoms with van der Waals surface area (Å²) in [7, 11) is 1.86. The number of hydrogen-bond donors (Lipinski definition) is 1. The van der Waals surface area contributed by atoms with Crippen molar-refractivity contribution in [1.82, 2.24) is 19.8 Å². The summed E-state index contributed by atoms with van der Waals surface area (Å²) in [6.07, 6.45) is 2.07. The summed E-state index contributed by atoms with van der Waals surface area (Å²) in [5.41, 5.74) is -0.683. The lowest BCUT2D eigenvalue weighted by Crippen LogP contribution is -2.60. The number of nitriles is 1. The summed E-state index contributed by atoms with van der Waals surface area (Å²) >= 11 is 0. The number of halogens is 1. The molecule has 2 aromatic rings. The minimum absolute atomic E-state index is 0.0586. The second kappa shape index (κ2) is 9.40. The molecule has 2 fully saturated rings. The fourth-order valence-electron chi connectivity index (χ4n) is 5.06. The van der Waals surface area contributed by atoms with Crippen molar-refractivity contribution in [3.05, 3.63) is 40.7 Å². The number of amides is 3. The van der Waals surface area contributed by atoms with Gasteiger partial charge in [0.15, 0.2) is 6.29 Å². The molecule has 3 aliphatic heterocycles. The lowest BCUT2D eigenvalue weighted by Gasteiger charge is -2.52. The highest BCUT2D eigenvalue weighted by Gasteiger charge is 2.57. The van der Waals surface area contributed by atoms with Gasteiger partial charge in [0.05, 0.1) is 19.3 Å². The van der Waals surface area contributed by atoms with Gasteiger partial charge in [-0.1, -0.05) is 0 Å². The van der Waals surface area contributed by atoms with Crippen molar-refractivity contribution in [2.45, 2.75) is 38.0 Å². The number of likely N-dealkylation sites (N-methyl/N-ethyl adjacent to an activating group) is 1. The SMILES string of the molecule is CCOc1cc(NC(=O)N2c3nc(C=O)c(CN4CCN(C)CC4=O)cc3C3(F)CC2C3)ncc1C#N. The van der Waals surface area contributed by atoms with Gasteiger partial charge in [-0.2, -0.15) is 5.26 Å². The number of pyridine rings is 2. The molecule has 1 saturated heterocycles. The number of anilines is 2. The molecule has 4 aliphatic rings. The fourth-order valence-corrected chi connectivity index (χ4v) is 5.06. The maximum Gasteiger partial charge on any atom is 0.328 e. The molecule has 3 amide bonds. The first-order valence-electron chi connectivity index (χ1n) is 12.0. The van der Waals surface area contributed by atoms with Gasteiger partial charge in [-0.15, -0.1) is 0 Å². The second-order valence-corrected chi connectivity index (χ2v) is 9.51. The molecule has 2 bridgehead atoms. The molecule has 6 rings (SSSR count). The summed E-state index contributed by atoms with van der Waals surface area (Å²) in [5, 5.41) is 11.9. The first-order valence-corrected chi connectivity index (χ1v) is 12.0. The average Bonchev–Trinajstić information content (AvgIpc) is 2.85. The normalized spacial score (nSPS) is 22.5. The summed E-state index contributed by atoms with van der Waals surface area (Å²) in [6.45, 7) is 3.69. The van der Waals surface area contributed by atoms with Crippen molar-refractivity contribution in [3.8, 4) is 11.8 Å². The molecule has 0 aromatic carbocycles. The molecule has 12 heteroatoms. The Balaban J connectivity index is 1.44. The van der Waals surface area contributed by atoms with Crippen LogP contribution in [0.1, 0.15) is 46.9 Å². The predicted molar refractivity (Wildman–Crippen MR) is 130 cm³/mol. The van der Waals surface area contributed by atoms with Crippen LogP contribution in [0.4, 0.5) is 20.8 Å². The molecular formula is C25H26FN7O4. The van der Waals surface area contributed by atoms with Gasteiger partial charge in [-0.05, 0) is 20.0 Å². The number of hydrogen-bond acceptors (Lipinski definition) is 8. The van der Waals surface area contributed by atoms with E-state index in [4.69, 9.17) is 4.74 Å². The number of aromatic nitrogens is 2. The van der Waals surface area contributed by atoms with Crippen LogP contribution in [0.3, 0.4) is 0 Å². The van der Waals surface area contributed by atoms with Crippen molar-refractivity contribution in [2.75, 3.05) is 43.5 Å². The van der Waals surface area contributed by atoms with Gasteiger partial charge in [0.2, 0.25) is 5.91 Å². The standard InChI is InChI=1S/C25H26FN7O4/c1-3-37-20-7-21(28-11-16(20)10-27)30-24(36)33-17-8-25(26,9-17)18-6-15(19(14-34)29-23(18)33)12-32-5-4-31(2)13-22(32)35/h6-7,11,14,17H,3-5,8-9,12-13H2,1-2H3,(H,28,30,36). The number of nitrogens with zero attached hydrogens (tertiary/aromatic N) is 6. The van der Waals surface area contributed by atoms with Gasteiger partial charge in [0, 0.05) is 55.7 Å². The van der Waals surface area contributed by atoms with Crippen molar-refractivity contribution < 1.29 is 23.5 Å². The van der Waals surface area contributed by atoms with Crippen molar-refractivity contribution >= 4 is 29.9 Å². The van der Waals surface area contributed by atoms with Gasteiger partial charge in [0.25, 0.3) is 0 Å². The van der Waals surface area contributed by atoms with Crippen molar-refractivity contribution in [1.29, 1.82) is 5.26 Å². The first-order chi connectivity index (χ1) is 17.8. The van der Waals surface area contributed by atoms with Gasteiger partial charge in [-0.25, -0.2) is 19.2 Å². The van der Waals surface area contributed by atoms with Gasteiger partial charge < -0.3 is 9.64 Å². The molecule has 0 spiro atoms. The Kier molecular flexibility index (Phi) is 6.25. The third-order valence-electron chi connectivity index (χ3n) is 7.03. The van der Waals surface area contributed by atoms with E-state index in [1.54, 1.807) is 17.9 Å².